The molecule has 0 aliphatic heterocycles. The molecule has 3 nitrogen and oxygen atoms in total. The molecule has 0 aliphatic rings. The molecule has 4 heteroatoms. The summed E-state index contributed by atoms with van der Waals surface area (Å²) in [6, 6.07) is 6.01. The molecule has 90 valence electrons. The standard InChI is InChI=1S/C13H14FNO2/c1-4-9-15-13(2,12(16)17-3)10-7-5-6-8-11(10)14/h1,5-8,15H,9H2,2-3H3. The number of halogens is 1. The van der Waals surface area contributed by atoms with E-state index in [1.54, 1.807) is 12.1 Å². The van der Waals surface area contributed by atoms with Gasteiger partial charge in [0.2, 0.25) is 0 Å². The Labute approximate surface area is 100.0 Å². The molecule has 0 heterocycles. The van der Waals surface area contributed by atoms with Gasteiger partial charge < -0.3 is 4.74 Å². The van der Waals surface area contributed by atoms with Gasteiger partial charge in [0, 0.05) is 5.56 Å². The molecule has 0 saturated carbocycles. The summed E-state index contributed by atoms with van der Waals surface area (Å²) in [4.78, 5) is 11.8. The Hall–Kier alpha value is -1.86. The largest absolute Gasteiger partial charge is 0.467 e. The van der Waals surface area contributed by atoms with Crippen LogP contribution in [0.2, 0.25) is 0 Å². The maximum Gasteiger partial charge on any atom is 0.330 e. The molecule has 0 fully saturated rings. The molecule has 1 N–H and O–H groups in total. The zero-order valence-corrected chi connectivity index (χ0v) is 9.79. The average molecular weight is 235 g/mol. The highest BCUT2D eigenvalue weighted by Crippen LogP contribution is 2.24. The molecule has 1 rings (SSSR count). The molecule has 0 aromatic heterocycles. The average Bonchev–Trinajstić information content (AvgIpc) is 2.35. The highest BCUT2D eigenvalue weighted by molar-refractivity contribution is 5.82. The number of carbonyl (C=O) groups excluding carboxylic acids is 1. The van der Waals surface area contributed by atoms with Crippen LogP contribution in [0.15, 0.2) is 24.3 Å². The molecule has 17 heavy (non-hydrogen) atoms. The van der Waals surface area contributed by atoms with Crippen molar-refractivity contribution in [3.05, 3.63) is 35.6 Å². The van der Waals surface area contributed by atoms with Crippen molar-refractivity contribution < 1.29 is 13.9 Å². The minimum atomic E-state index is -1.29. The lowest BCUT2D eigenvalue weighted by Gasteiger charge is -2.28. The van der Waals surface area contributed by atoms with Crippen molar-refractivity contribution in [1.82, 2.24) is 5.32 Å². The van der Waals surface area contributed by atoms with Gasteiger partial charge in [0.25, 0.3) is 0 Å². The highest BCUT2D eigenvalue weighted by atomic mass is 19.1. The topological polar surface area (TPSA) is 38.3 Å². The Kier molecular flexibility index (Phi) is 4.24. The molecule has 1 aromatic carbocycles. The van der Waals surface area contributed by atoms with E-state index in [2.05, 4.69) is 16.0 Å². The maximum absolute atomic E-state index is 13.7. The first-order valence-electron chi connectivity index (χ1n) is 5.08. The van der Waals surface area contributed by atoms with Gasteiger partial charge >= 0.3 is 5.97 Å². The summed E-state index contributed by atoms with van der Waals surface area (Å²) in [5, 5.41) is 2.80. The number of hydrogen-bond donors (Lipinski definition) is 1. The summed E-state index contributed by atoms with van der Waals surface area (Å²) in [6.45, 7) is 1.68. The molecular formula is C13H14FNO2. The molecule has 0 radical (unpaired) electrons. The first-order chi connectivity index (χ1) is 8.06. The summed E-state index contributed by atoms with van der Waals surface area (Å²) in [5.41, 5.74) is -1.07. The van der Waals surface area contributed by atoms with Crippen molar-refractivity contribution in [2.75, 3.05) is 13.7 Å². The smallest absolute Gasteiger partial charge is 0.330 e. The fraction of sp³-hybridized carbons (Fsp3) is 0.308. The van der Waals surface area contributed by atoms with E-state index in [1.807, 2.05) is 0 Å². The van der Waals surface area contributed by atoms with E-state index >= 15 is 0 Å². The summed E-state index contributed by atoms with van der Waals surface area (Å²) in [7, 11) is 1.25. The molecular weight excluding hydrogens is 221 g/mol. The van der Waals surface area contributed by atoms with Crippen molar-refractivity contribution in [3.63, 3.8) is 0 Å². The van der Waals surface area contributed by atoms with Crippen LogP contribution in [0.1, 0.15) is 12.5 Å². The van der Waals surface area contributed by atoms with Crippen LogP contribution < -0.4 is 5.32 Å². The molecule has 0 aliphatic carbocycles. The van der Waals surface area contributed by atoms with Crippen LogP contribution in [0.5, 0.6) is 0 Å². The minimum Gasteiger partial charge on any atom is -0.467 e. The predicted octanol–water partition coefficient (Wildman–Crippen LogP) is 1.44. The van der Waals surface area contributed by atoms with E-state index in [9.17, 15) is 9.18 Å². The lowest BCUT2D eigenvalue weighted by atomic mass is 9.91. The molecule has 1 atom stereocenters. The van der Waals surface area contributed by atoms with Gasteiger partial charge in [0.15, 0.2) is 0 Å². The van der Waals surface area contributed by atoms with E-state index in [4.69, 9.17) is 6.42 Å². The van der Waals surface area contributed by atoms with Crippen LogP contribution in [0.25, 0.3) is 0 Å². The highest BCUT2D eigenvalue weighted by Gasteiger charge is 2.37. The summed E-state index contributed by atoms with van der Waals surface area (Å²) < 4.78 is 18.4. The fourth-order valence-electron chi connectivity index (χ4n) is 1.58. The molecule has 1 unspecified atom stereocenters. The van der Waals surface area contributed by atoms with Crippen molar-refractivity contribution in [2.45, 2.75) is 12.5 Å². The summed E-state index contributed by atoms with van der Waals surface area (Å²) >= 11 is 0. The second-order valence-corrected chi connectivity index (χ2v) is 3.65. The predicted molar refractivity (Wildman–Crippen MR) is 62.6 cm³/mol. The Bertz CT molecular complexity index is 453. The third-order valence-corrected chi connectivity index (χ3v) is 2.55. The molecule has 0 amide bonds. The Morgan fingerprint density at radius 1 is 1.59 bits per heavy atom. The Balaban J connectivity index is 3.20. The molecule has 1 aromatic rings. The van der Waals surface area contributed by atoms with Gasteiger partial charge in [-0.15, -0.1) is 6.42 Å². The van der Waals surface area contributed by atoms with Gasteiger partial charge in [0.1, 0.15) is 11.4 Å². The number of carbonyl (C=O) groups is 1. The van der Waals surface area contributed by atoms with Crippen LogP contribution in [0, 0.1) is 18.2 Å². The normalized spacial score (nSPS) is 13.5. The van der Waals surface area contributed by atoms with Gasteiger partial charge in [-0.1, -0.05) is 24.1 Å². The Morgan fingerprint density at radius 2 is 2.24 bits per heavy atom. The van der Waals surface area contributed by atoms with Crippen LogP contribution in [0.4, 0.5) is 4.39 Å². The summed E-state index contributed by atoms with van der Waals surface area (Å²) in [6.07, 6.45) is 5.14. The lowest BCUT2D eigenvalue weighted by Crippen LogP contribution is -2.48. The van der Waals surface area contributed by atoms with Gasteiger partial charge in [-0.2, -0.15) is 0 Å². The van der Waals surface area contributed by atoms with Crippen molar-refractivity contribution >= 4 is 5.97 Å². The Morgan fingerprint density at radius 3 is 2.76 bits per heavy atom. The number of benzene rings is 1. The van der Waals surface area contributed by atoms with Gasteiger partial charge in [-0.05, 0) is 13.0 Å². The van der Waals surface area contributed by atoms with E-state index in [0.29, 0.717) is 0 Å². The van der Waals surface area contributed by atoms with Crippen LogP contribution in [-0.4, -0.2) is 19.6 Å². The lowest BCUT2D eigenvalue weighted by molar-refractivity contribution is -0.148. The second kappa shape index (κ2) is 5.46. The third kappa shape index (κ3) is 2.63. The minimum absolute atomic E-state index is 0.139. The number of hydrogen-bond acceptors (Lipinski definition) is 3. The van der Waals surface area contributed by atoms with Crippen LogP contribution >= 0.6 is 0 Å². The maximum atomic E-state index is 13.7. The summed E-state index contributed by atoms with van der Waals surface area (Å²) in [5.74, 6) is 1.28. The first kappa shape index (κ1) is 13.2. The zero-order valence-electron chi connectivity index (χ0n) is 9.79. The van der Waals surface area contributed by atoms with E-state index in [0.717, 1.165) is 0 Å². The SMILES string of the molecule is C#CCNC(C)(C(=O)OC)c1ccccc1F. The number of esters is 1. The number of methoxy groups -OCH3 is 1. The molecule has 0 bridgehead atoms. The van der Waals surface area contributed by atoms with Crippen molar-refractivity contribution in [3.8, 4) is 12.3 Å². The van der Waals surface area contributed by atoms with Gasteiger partial charge in [0.05, 0.1) is 13.7 Å². The van der Waals surface area contributed by atoms with E-state index in [1.165, 1.54) is 26.2 Å². The number of nitrogens with one attached hydrogen (secondary N) is 1. The fourth-order valence-corrected chi connectivity index (χ4v) is 1.58. The second-order valence-electron chi connectivity index (χ2n) is 3.65. The monoisotopic (exact) mass is 235 g/mol. The van der Waals surface area contributed by atoms with Crippen LogP contribution in [0.3, 0.4) is 0 Å². The van der Waals surface area contributed by atoms with Crippen LogP contribution in [-0.2, 0) is 15.1 Å². The zero-order chi connectivity index (χ0) is 12.9. The van der Waals surface area contributed by atoms with Gasteiger partial charge in [-0.3, -0.25) is 5.32 Å². The van der Waals surface area contributed by atoms with Gasteiger partial charge in [-0.25, -0.2) is 9.18 Å². The van der Waals surface area contributed by atoms with E-state index < -0.39 is 17.3 Å². The first-order valence-corrected chi connectivity index (χ1v) is 5.08. The molecule has 0 saturated heterocycles. The third-order valence-electron chi connectivity index (χ3n) is 2.55. The van der Waals surface area contributed by atoms with Crippen molar-refractivity contribution in [1.29, 1.82) is 0 Å². The number of rotatable bonds is 4. The van der Waals surface area contributed by atoms with Crippen molar-refractivity contribution in [2.24, 2.45) is 0 Å². The molecule has 0 spiro atoms. The quantitative estimate of drug-likeness (QED) is 0.634. The number of ether oxygens (including phenoxy) is 1. The number of terminal acetylenes is 1. The van der Waals surface area contributed by atoms with E-state index in [-0.39, 0.29) is 12.1 Å².